The van der Waals surface area contributed by atoms with Gasteiger partial charge in [-0.1, -0.05) is 6.08 Å². The van der Waals surface area contributed by atoms with E-state index in [2.05, 4.69) is 38.9 Å². The summed E-state index contributed by atoms with van der Waals surface area (Å²) in [5, 5.41) is 6.43. The Morgan fingerprint density at radius 3 is 2.48 bits per heavy atom. The van der Waals surface area contributed by atoms with Crippen molar-refractivity contribution in [3.8, 4) is 0 Å². The molecule has 2 rings (SSSR count). The largest absolute Gasteiger partial charge is 0.369 e. The lowest BCUT2D eigenvalue weighted by Gasteiger charge is -2.35. The zero-order chi connectivity index (χ0) is 17.2. The molecule has 2 N–H and O–H groups in total. The molecular formula is C18H29FIN5. The van der Waals surface area contributed by atoms with E-state index in [0.717, 1.165) is 57.5 Å². The third kappa shape index (κ3) is 7.60. The standard InChI is InChI=1S/C18H28FN5.HI/c1-3-9-21-18(20-4-2)22-10-11-23-12-14-24(15-13-23)17-7-5-16(19)6-8-17;/h3,5-8H,1,4,9-15H2,2H3,(H2,20,21,22);1H. The third-order valence-electron chi connectivity index (χ3n) is 4.01. The summed E-state index contributed by atoms with van der Waals surface area (Å²) in [4.78, 5) is 9.30. The van der Waals surface area contributed by atoms with Gasteiger partial charge in [0, 0.05) is 51.5 Å². The Balaban J connectivity index is 0.00000312. The summed E-state index contributed by atoms with van der Waals surface area (Å²) in [7, 11) is 0. The van der Waals surface area contributed by atoms with E-state index in [-0.39, 0.29) is 29.8 Å². The lowest BCUT2D eigenvalue weighted by Crippen LogP contribution is -2.47. The first-order valence-electron chi connectivity index (χ1n) is 8.59. The van der Waals surface area contributed by atoms with Crippen molar-refractivity contribution in [2.45, 2.75) is 6.92 Å². The molecule has 140 valence electrons. The summed E-state index contributed by atoms with van der Waals surface area (Å²) in [6.07, 6.45) is 1.82. The van der Waals surface area contributed by atoms with Gasteiger partial charge in [-0.2, -0.15) is 0 Å². The van der Waals surface area contributed by atoms with Crippen molar-refractivity contribution in [3.05, 3.63) is 42.7 Å². The minimum Gasteiger partial charge on any atom is -0.369 e. The van der Waals surface area contributed by atoms with Crippen molar-refractivity contribution < 1.29 is 4.39 Å². The fourth-order valence-electron chi connectivity index (χ4n) is 2.70. The average Bonchev–Trinajstić information content (AvgIpc) is 2.61. The van der Waals surface area contributed by atoms with Crippen molar-refractivity contribution in [2.75, 3.05) is 57.3 Å². The van der Waals surface area contributed by atoms with Crippen LogP contribution in [0.3, 0.4) is 0 Å². The number of nitrogens with one attached hydrogen (secondary N) is 2. The van der Waals surface area contributed by atoms with Crippen LogP contribution in [-0.2, 0) is 0 Å². The summed E-state index contributed by atoms with van der Waals surface area (Å²) in [6.45, 7) is 13.0. The molecule has 0 aromatic heterocycles. The zero-order valence-electron chi connectivity index (χ0n) is 14.9. The van der Waals surface area contributed by atoms with Crippen molar-refractivity contribution in [3.63, 3.8) is 0 Å². The fraction of sp³-hybridized carbons (Fsp3) is 0.500. The molecule has 0 unspecified atom stereocenters. The van der Waals surface area contributed by atoms with Crippen LogP contribution in [0, 0.1) is 5.82 Å². The molecule has 1 fully saturated rings. The first kappa shape index (κ1) is 21.7. The van der Waals surface area contributed by atoms with Gasteiger partial charge in [-0.3, -0.25) is 9.89 Å². The van der Waals surface area contributed by atoms with Gasteiger partial charge in [-0.25, -0.2) is 4.39 Å². The number of anilines is 1. The van der Waals surface area contributed by atoms with Gasteiger partial charge in [0.25, 0.3) is 0 Å². The number of piperazine rings is 1. The van der Waals surface area contributed by atoms with Gasteiger partial charge in [0.2, 0.25) is 0 Å². The Morgan fingerprint density at radius 1 is 1.20 bits per heavy atom. The quantitative estimate of drug-likeness (QED) is 0.283. The molecular weight excluding hydrogens is 432 g/mol. The maximum absolute atomic E-state index is 13.0. The van der Waals surface area contributed by atoms with Gasteiger partial charge >= 0.3 is 0 Å². The summed E-state index contributed by atoms with van der Waals surface area (Å²) in [5.74, 6) is 0.652. The Hall–Kier alpha value is -1.35. The van der Waals surface area contributed by atoms with E-state index < -0.39 is 0 Å². The molecule has 25 heavy (non-hydrogen) atoms. The van der Waals surface area contributed by atoms with Crippen LogP contribution in [0.25, 0.3) is 0 Å². The highest BCUT2D eigenvalue weighted by Crippen LogP contribution is 2.16. The van der Waals surface area contributed by atoms with Crippen LogP contribution < -0.4 is 15.5 Å². The van der Waals surface area contributed by atoms with E-state index in [1.54, 1.807) is 0 Å². The highest BCUT2D eigenvalue weighted by Gasteiger charge is 2.16. The summed E-state index contributed by atoms with van der Waals surface area (Å²) < 4.78 is 13.0. The van der Waals surface area contributed by atoms with E-state index in [9.17, 15) is 4.39 Å². The molecule has 1 aliphatic rings. The molecule has 1 heterocycles. The molecule has 0 radical (unpaired) electrons. The normalized spacial score (nSPS) is 15.4. The zero-order valence-corrected chi connectivity index (χ0v) is 17.2. The SMILES string of the molecule is C=CCNC(=NCCN1CCN(c2ccc(F)cc2)CC1)NCC.I. The number of aliphatic imine (C=N–C) groups is 1. The van der Waals surface area contributed by atoms with E-state index in [1.807, 2.05) is 18.2 Å². The van der Waals surface area contributed by atoms with Crippen molar-refractivity contribution in [1.82, 2.24) is 15.5 Å². The monoisotopic (exact) mass is 461 g/mol. The smallest absolute Gasteiger partial charge is 0.191 e. The predicted molar refractivity (Wildman–Crippen MR) is 115 cm³/mol. The number of nitrogens with zero attached hydrogens (tertiary/aromatic N) is 3. The van der Waals surface area contributed by atoms with Crippen LogP contribution in [0.4, 0.5) is 10.1 Å². The molecule has 0 saturated carbocycles. The molecule has 1 saturated heterocycles. The van der Waals surface area contributed by atoms with Gasteiger partial charge in [0.05, 0.1) is 6.54 Å². The highest BCUT2D eigenvalue weighted by molar-refractivity contribution is 14.0. The van der Waals surface area contributed by atoms with Crippen LogP contribution in [0.15, 0.2) is 41.9 Å². The van der Waals surface area contributed by atoms with Gasteiger partial charge in [0.15, 0.2) is 5.96 Å². The van der Waals surface area contributed by atoms with Gasteiger partial charge < -0.3 is 15.5 Å². The first-order valence-corrected chi connectivity index (χ1v) is 8.59. The summed E-state index contributed by atoms with van der Waals surface area (Å²) in [5.41, 5.74) is 1.09. The molecule has 0 aliphatic carbocycles. The maximum atomic E-state index is 13.0. The van der Waals surface area contributed by atoms with Crippen LogP contribution in [0.2, 0.25) is 0 Å². The number of guanidine groups is 1. The maximum Gasteiger partial charge on any atom is 0.191 e. The topological polar surface area (TPSA) is 42.9 Å². The molecule has 7 heteroatoms. The summed E-state index contributed by atoms with van der Waals surface area (Å²) >= 11 is 0. The highest BCUT2D eigenvalue weighted by atomic mass is 127. The predicted octanol–water partition coefficient (Wildman–Crippen LogP) is 2.31. The van der Waals surface area contributed by atoms with E-state index in [4.69, 9.17) is 0 Å². The molecule has 0 spiro atoms. The Bertz CT molecular complexity index is 527. The molecule has 1 aliphatic heterocycles. The minimum atomic E-state index is -0.184. The van der Waals surface area contributed by atoms with Gasteiger partial charge in [-0.15, -0.1) is 30.6 Å². The number of hydrogen-bond donors (Lipinski definition) is 2. The second-order valence-corrected chi connectivity index (χ2v) is 5.74. The second-order valence-electron chi connectivity index (χ2n) is 5.74. The number of hydrogen-bond acceptors (Lipinski definition) is 3. The van der Waals surface area contributed by atoms with Crippen LogP contribution in [-0.4, -0.2) is 63.2 Å². The van der Waals surface area contributed by atoms with Gasteiger partial charge in [-0.05, 0) is 31.2 Å². The van der Waals surface area contributed by atoms with Gasteiger partial charge in [0.1, 0.15) is 5.82 Å². The Labute approximate surface area is 167 Å². The van der Waals surface area contributed by atoms with E-state index in [0.29, 0.717) is 6.54 Å². The Morgan fingerprint density at radius 2 is 1.88 bits per heavy atom. The molecule has 5 nitrogen and oxygen atoms in total. The van der Waals surface area contributed by atoms with Crippen molar-refractivity contribution >= 4 is 35.6 Å². The van der Waals surface area contributed by atoms with E-state index in [1.165, 1.54) is 12.1 Å². The van der Waals surface area contributed by atoms with Crippen LogP contribution >= 0.6 is 24.0 Å². The molecule has 0 atom stereocenters. The fourth-order valence-corrected chi connectivity index (χ4v) is 2.70. The lowest BCUT2D eigenvalue weighted by atomic mass is 10.2. The second kappa shape index (κ2) is 12.1. The molecule has 1 aromatic carbocycles. The summed E-state index contributed by atoms with van der Waals surface area (Å²) in [6, 6.07) is 6.75. The number of benzene rings is 1. The van der Waals surface area contributed by atoms with Crippen LogP contribution in [0.1, 0.15) is 6.92 Å². The number of halogens is 2. The lowest BCUT2D eigenvalue weighted by molar-refractivity contribution is 0.265. The molecule has 1 aromatic rings. The molecule has 0 amide bonds. The van der Waals surface area contributed by atoms with Crippen molar-refractivity contribution in [1.29, 1.82) is 0 Å². The minimum absolute atomic E-state index is 0. The first-order chi connectivity index (χ1) is 11.7. The number of rotatable bonds is 7. The third-order valence-corrected chi connectivity index (χ3v) is 4.01. The van der Waals surface area contributed by atoms with E-state index >= 15 is 0 Å². The van der Waals surface area contributed by atoms with Crippen LogP contribution in [0.5, 0.6) is 0 Å². The van der Waals surface area contributed by atoms with Crippen molar-refractivity contribution in [2.24, 2.45) is 4.99 Å². The average molecular weight is 461 g/mol. The molecule has 0 bridgehead atoms. The Kier molecular flexibility index (Phi) is 10.5.